The maximum absolute atomic E-state index is 13.2. The predicted octanol–water partition coefficient (Wildman–Crippen LogP) is 5.56. The number of carbonyl (C=O) groups excluding carboxylic acids is 1. The summed E-state index contributed by atoms with van der Waals surface area (Å²) in [5.74, 6) is 2.71. The summed E-state index contributed by atoms with van der Waals surface area (Å²) in [6.07, 6.45) is 2.23. The third-order valence-corrected chi connectivity index (χ3v) is 7.18. The summed E-state index contributed by atoms with van der Waals surface area (Å²) in [6, 6.07) is 13.9. The smallest absolute Gasteiger partial charge is 0.228 e. The maximum atomic E-state index is 13.2. The van der Waals surface area contributed by atoms with Gasteiger partial charge in [-0.05, 0) is 88.6 Å². The summed E-state index contributed by atoms with van der Waals surface area (Å²) in [5.41, 5.74) is 0.902. The van der Waals surface area contributed by atoms with Crippen LogP contribution in [0.4, 0.5) is 5.13 Å². The maximum Gasteiger partial charge on any atom is 0.228 e. The van der Waals surface area contributed by atoms with Gasteiger partial charge in [-0.2, -0.15) is 0 Å². The van der Waals surface area contributed by atoms with Gasteiger partial charge in [-0.3, -0.25) is 9.69 Å². The van der Waals surface area contributed by atoms with Gasteiger partial charge in [-0.1, -0.05) is 11.3 Å². The van der Waals surface area contributed by atoms with Gasteiger partial charge in [0.05, 0.1) is 23.9 Å². The Morgan fingerprint density at radius 2 is 1.82 bits per heavy atom. The highest BCUT2D eigenvalue weighted by Crippen LogP contribution is 2.32. The zero-order chi connectivity index (χ0) is 23.6. The van der Waals surface area contributed by atoms with E-state index >= 15 is 0 Å². The summed E-state index contributed by atoms with van der Waals surface area (Å²) < 4.78 is 11.9. The van der Waals surface area contributed by atoms with Crippen LogP contribution in [0.5, 0.6) is 11.5 Å². The minimum Gasteiger partial charge on any atom is -0.497 e. The van der Waals surface area contributed by atoms with Crippen LogP contribution in [0.25, 0.3) is 10.2 Å². The number of fused-ring (bicyclic) bond motifs is 1. The zero-order valence-corrected chi connectivity index (χ0v) is 21.5. The lowest BCUT2D eigenvalue weighted by Gasteiger charge is -2.21. The molecular formula is C25H33N3O3S2. The standard InChI is InChI=1S/C25H33N3O3S2/c1-5-31-20-11-14-22-23(18-20)33-25(26-22)28(16-7-15-27(2)3)24(29)8-6-17-32-21-12-9-19(30-4)10-13-21/h9-14,18H,5-8,15-17H2,1-4H3. The Hall–Kier alpha value is -2.29. The van der Waals surface area contributed by atoms with E-state index in [0.29, 0.717) is 19.6 Å². The van der Waals surface area contributed by atoms with Crippen molar-refractivity contribution >= 4 is 44.4 Å². The van der Waals surface area contributed by atoms with Crippen molar-refractivity contribution in [2.24, 2.45) is 0 Å². The van der Waals surface area contributed by atoms with Crippen LogP contribution in [0.1, 0.15) is 26.2 Å². The number of anilines is 1. The third kappa shape index (κ3) is 7.62. The molecule has 0 aliphatic rings. The quantitative estimate of drug-likeness (QED) is 0.232. The van der Waals surface area contributed by atoms with Crippen molar-refractivity contribution in [2.75, 3.05) is 51.6 Å². The predicted molar refractivity (Wildman–Crippen MR) is 139 cm³/mol. The zero-order valence-electron chi connectivity index (χ0n) is 19.9. The first-order valence-electron chi connectivity index (χ1n) is 11.3. The second-order valence-electron chi connectivity index (χ2n) is 7.89. The monoisotopic (exact) mass is 487 g/mol. The van der Waals surface area contributed by atoms with Crippen LogP contribution in [0.3, 0.4) is 0 Å². The van der Waals surface area contributed by atoms with E-state index in [2.05, 4.69) is 31.1 Å². The van der Waals surface area contributed by atoms with Gasteiger partial charge in [-0.15, -0.1) is 11.8 Å². The van der Waals surface area contributed by atoms with Crippen molar-refractivity contribution in [1.29, 1.82) is 0 Å². The summed E-state index contributed by atoms with van der Waals surface area (Å²) in [7, 11) is 5.77. The number of hydrogen-bond acceptors (Lipinski definition) is 7. The lowest BCUT2D eigenvalue weighted by molar-refractivity contribution is -0.118. The molecule has 1 heterocycles. The van der Waals surface area contributed by atoms with E-state index in [1.54, 1.807) is 30.2 Å². The largest absolute Gasteiger partial charge is 0.497 e. The first-order valence-corrected chi connectivity index (χ1v) is 13.1. The van der Waals surface area contributed by atoms with E-state index in [-0.39, 0.29) is 5.91 Å². The molecule has 0 aliphatic heterocycles. The molecule has 0 radical (unpaired) electrons. The number of rotatable bonds is 13. The number of nitrogens with zero attached hydrogens (tertiary/aromatic N) is 3. The van der Waals surface area contributed by atoms with E-state index in [4.69, 9.17) is 14.5 Å². The van der Waals surface area contributed by atoms with Gasteiger partial charge < -0.3 is 14.4 Å². The molecule has 1 amide bonds. The number of aromatic nitrogens is 1. The number of methoxy groups -OCH3 is 1. The van der Waals surface area contributed by atoms with Crippen LogP contribution >= 0.6 is 23.1 Å². The Morgan fingerprint density at radius 1 is 1.06 bits per heavy atom. The molecule has 0 spiro atoms. The molecule has 0 saturated heterocycles. The van der Waals surface area contributed by atoms with Crippen molar-refractivity contribution < 1.29 is 14.3 Å². The van der Waals surface area contributed by atoms with E-state index < -0.39 is 0 Å². The van der Waals surface area contributed by atoms with E-state index in [1.807, 2.05) is 42.2 Å². The fraction of sp³-hybridized carbons (Fsp3) is 0.440. The minimum absolute atomic E-state index is 0.133. The summed E-state index contributed by atoms with van der Waals surface area (Å²) in [4.78, 5) is 23.1. The molecule has 0 saturated carbocycles. The van der Waals surface area contributed by atoms with Gasteiger partial charge in [0.2, 0.25) is 5.91 Å². The molecule has 6 nitrogen and oxygen atoms in total. The van der Waals surface area contributed by atoms with Crippen LogP contribution in [0.2, 0.25) is 0 Å². The number of ether oxygens (including phenoxy) is 2. The second kappa shape index (κ2) is 12.8. The molecule has 0 bridgehead atoms. The lowest BCUT2D eigenvalue weighted by Crippen LogP contribution is -2.33. The Labute approximate surface area is 204 Å². The number of amides is 1. The molecule has 0 unspecified atom stereocenters. The fourth-order valence-corrected chi connectivity index (χ4v) is 5.25. The van der Waals surface area contributed by atoms with E-state index in [1.165, 1.54) is 4.90 Å². The average Bonchev–Trinajstić information content (AvgIpc) is 3.23. The summed E-state index contributed by atoms with van der Waals surface area (Å²) >= 11 is 3.32. The topological polar surface area (TPSA) is 54.9 Å². The first kappa shape index (κ1) is 25.3. The number of hydrogen-bond donors (Lipinski definition) is 0. The Morgan fingerprint density at radius 3 is 2.52 bits per heavy atom. The van der Waals surface area contributed by atoms with Gasteiger partial charge in [0, 0.05) is 17.9 Å². The molecule has 2 aromatic carbocycles. The highest BCUT2D eigenvalue weighted by Gasteiger charge is 2.19. The molecule has 33 heavy (non-hydrogen) atoms. The van der Waals surface area contributed by atoms with Gasteiger partial charge in [0.1, 0.15) is 11.5 Å². The van der Waals surface area contributed by atoms with Crippen molar-refractivity contribution in [1.82, 2.24) is 9.88 Å². The van der Waals surface area contributed by atoms with Crippen molar-refractivity contribution in [3.8, 4) is 11.5 Å². The molecule has 3 rings (SSSR count). The Kier molecular flexibility index (Phi) is 9.84. The lowest BCUT2D eigenvalue weighted by atomic mass is 10.3. The molecule has 8 heteroatoms. The van der Waals surface area contributed by atoms with Crippen LogP contribution in [0.15, 0.2) is 47.4 Å². The van der Waals surface area contributed by atoms with E-state index in [0.717, 1.165) is 52.0 Å². The van der Waals surface area contributed by atoms with Gasteiger partial charge in [0.15, 0.2) is 5.13 Å². The highest BCUT2D eigenvalue weighted by molar-refractivity contribution is 7.99. The molecule has 0 aliphatic carbocycles. The molecule has 0 atom stereocenters. The SMILES string of the molecule is CCOc1ccc2nc(N(CCCN(C)C)C(=O)CCCSc3ccc(OC)cc3)sc2c1. The summed E-state index contributed by atoms with van der Waals surface area (Å²) in [5, 5.41) is 0.769. The fourth-order valence-electron chi connectivity index (χ4n) is 3.36. The molecule has 1 aromatic heterocycles. The molecule has 0 fully saturated rings. The first-order chi connectivity index (χ1) is 16.0. The Balaban J connectivity index is 1.63. The average molecular weight is 488 g/mol. The number of thiazole rings is 1. The molecule has 178 valence electrons. The second-order valence-corrected chi connectivity index (χ2v) is 10.1. The molecule has 3 aromatic rings. The van der Waals surface area contributed by atoms with Crippen molar-refractivity contribution in [2.45, 2.75) is 31.1 Å². The number of carbonyl (C=O) groups is 1. The normalized spacial score (nSPS) is 11.2. The van der Waals surface area contributed by atoms with Crippen LogP contribution in [0, 0.1) is 0 Å². The number of thioether (sulfide) groups is 1. The number of benzene rings is 2. The highest BCUT2D eigenvalue weighted by atomic mass is 32.2. The van der Waals surface area contributed by atoms with E-state index in [9.17, 15) is 4.79 Å². The molecular weight excluding hydrogens is 454 g/mol. The van der Waals surface area contributed by atoms with Crippen LogP contribution < -0.4 is 14.4 Å². The van der Waals surface area contributed by atoms with Gasteiger partial charge in [-0.25, -0.2) is 4.98 Å². The minimum atomic E-state index is 0.133. The van der Waals surface area contributed by atoms with Crippen molar-refractivity contribution in [3.63, 3.8) is 0 Å². The molecule has 0 N–H and O–H groups in total. The van der Waals surface area contributed by atoms with Crippen LogP contribution in [-0.2, 0) is 4.79 Å². The Bertz CT molecular complexity index is 1020. The summed E-state index contributed by atoms with van der Waals surface area (Å²) in [6.45, 7) is 4.19. The van der Waals surface area contributed by atoms with Gasteiger partial charge in [0.25, 0.3) is 0 Å². The van der Waals surface area contributed by atoms with Gasteiger partial charge >= 0.3 is 0 Å². The van der Waals surface area contributed by atoms with Crippen molar-refractivity contribution in [3.05, 3.63) is 42.5 Å². The van der Waals surface area contributed by atoms with Crippen LogP contribution in [-0.4, -0.2) is 62.4 Å². The third-order valence-electron chi connectivity index (χ3n) is 5.04.